The minimum Gasteiger partial charge on any atom is -0.496 e. The first-order chi connectivity index (χ1) is 8.65. The van der Waals surface area contributed by atoms with Gasteiger partial charge in [0, 0.05) is 0 Å². The minimum atomic E-state index is -0.511. The number of rotatable bonds is 4. The average Bonchev–Trinajstić information content (AvgIpc) is 2.86. The predicted molar refractivity (Wildman–Crippen MR) is 64.6 cm³/mol. The normalized spacial score (nSPS) is 10.4. The number of hydrogen-bond donors (Lipinski definition) is 0. The summed E-state index contributed by atoms with van der Waals surface area (Å²) in [6.07, 6.45) is 0. The van der Waals surface area contributed by atoms with Gasteiger partial charge in [0.05, 0.1) is 18.6 Å². The van der Waals surface area contributed by atoms with E-state index < -0.39 is 11.6 Å². The topological polar surface area (TPSA) is 39.4 Å². The number of ketones is 1. The zero-order valence-corrected chi connectivity index (χ0v) is 10.3. The highest BCUT2D eigenvalue weighted by Crippen LogP contribution is 2.23. The summed E-state index contributed by atoms with van der Waals surface area (Å²) in [5.74, 6) is 0.106. The molecule has 18 heavy (non-hydrogen) atoms. The van der Waals surface area contributed by atoms with E-state index in [1.165, 1.54) is 25.3 Å². The van der Waals surface area contributed by atoms with Gasteiger partial charge < -0.3 is 9.15 Å². The smallest absolute Gasteiger partial charge is 0.232 e. The molecule has 0 aliphatic rings. The van der Waals surface area contributed by atoms with Gasteiger partial charge in [0.1, 0.15) is 17.3 Å². The van der Waals surface area contributed by atoms with Crippen LogP contribution in [0.3, 0.4) is 0 Å². The molecule has 2 aromatic rings. The zero-order chi connectivity index (χ0) is 13.1. The standard InChI is InChI=1S/C13H10ClFO3/c1-17-11-4-2-8(15)6-10(11)13(16)12-5-3-9(7-14)18-12/h2-6H,7H2,1H3. The van der Waals surface area contributed by atoms with Crippen LogP contribution in [0.25, 0.3) is 0 Å². The number of hydrogen-bond acceptors (Lipinski definition) is 3. The van der Waals surface area contributed by atoms with E-state index in [0.29, 0.717) is 11.5 Å². The molecule has 0 atom stereocenters. The second kappa shape index (κ2) is 5.23. The summed E-state index contributed by atoms with van der Waals surface area (Å²) in [6, 6.07) is 6.84. The number of benzene rings is 1. The number of halogens is 2. The van der Waals surface area contributed by atoms with E-state index in [0.717, 1.165) is 6.07 Å². The quantitative estimate of drug-likeness (QED) is 0.630. The molecule has 1 heterocycles. The van der Waals surface area contributed by atoms with Crippen LogP contribution < -0.4 is 4.74 Å². The SMILES string of the molecule is COc1ccc(F)cc1C(=O)c1ccc(CCl)o1. The van der Waals surface area contributed by atoms with Gasteiger partial charge in [-0.25, -0.2) is 4.39 Å². The Bertz CT molecular complexity index is 577. The Kier molecular flexibility index (Phi) is 3.67. The van der Waals surface area contributed by atoms with Crippen LogP contribution >= 0.6 is 11.6 Å². The lowest BCUT2D eigenvalue weighted by Crippen LogP contribution is -2.03. The van der Waals surface area contributed by atoms with Gasteiger partial charge in [0.2, 0.25) is 5.78 Å². The summed E-state index contributed by atoms with van der Waals surface area (Å²) in [5.41, 5.74) is 0.118. The molecule has 1 aromatic carbocycles. The van der Waals surface area contributed by atoms with Gasteiger partial charge in [0.25, 0.3) is 0 Å². The van der Waals surface area contributed by atoms with Crippen LogP contribution in [0.15, 0.2) is 34.7 Å². The van der Waals surface area contributed by atoms with Crippen LogP contribution in [0.1, 0.15) is 21.9 Å². The largest absolute Gasteiger partial charge is 0.496 e. The average molecular weight is 269 g/mol. The highest BCUT2D eigenvalue weighted by atomic mass is 35.5. The molecule has 5 heteroatoms. The molecule has 0 saturated carbocycles. The van der Waals surface area contributed by atoms with Gasteiger partial charge in [-0.15, -0.1) is 11.6 Å². The Morgan fingerprint density at radius 3 is 2.78 bits per heavy atom. The first-order valence-corrected chi connectivity index (χ1v) is 5.72. The van der Waals surface area contributed by atoms with Crippen LogP contribution in [0, 0.1) is 5.82 Å². The second-order valence-corrected chi connectivity index (χ2v) is 3.84. The second-order valence-electron chi connectivity index (χ2n) is 3.57. The van der Waals surface area contributed by atoms with Gasteiger partial charge >= 0.3 is 0 Å². The van der Waals surface area contributed by atoms with Crippen molar-refractivity contribution in [3.63, 3.8) is 0 Å². The summed E-state index contributed by atoms with van der Waals surface area (Å²) in [6.45, 7) is 0. The fraction of sp³-hybridized carbons (Fsp3) is 0.154. The van der Waals surface area contributed by atoms with Crippen molar-refractivity contribution < 1.29 is 18.3 Å². The van der Waals surface area contributed by atoms with Gasteiger partial charge in [-0.05, 0) is 30.3 Å². The van der Waals surface area contributed by atoms with Crippen LogP contribution in [-0.4, -0.2) is 12.9 Å². The molecule has 0 saturated heterocycles. The maximum atomic E-state index is 13.2. The summed E-state index contributed by atoms with van der Waals surface area (Å²) in [7, 11) is 1.41. The summed E-state index contributed by atoms with van der Waals surface area (Å²) < 4.78 is 23.4. The Hall–Kier alpha value is -1.81. The van der Waals surface area contributed by atoms with E-state index in [1.807, 2.05) is 0 Å². The van der Waals surface area contributed by atoms with Crippen molar-refractivity contribution in [2.45, 2.75) is 5.88 Å². The lowest BCUT2D eigenvalue weighted by molar-refractivity contribution is 0.100. The molecule has 94 valence electrons. The summed E-state index contributed by atoms with van der Waals surface area (Å²) in [4.78, 5) is 12.1. The van der Waals surface area contributed by atoms with E-state index in [4.69, 9.17) is 20.8 Å². The first kappa shape index (κ1) is 12.6. The molecule has 0 unspecified atom stereocenters. The van der Waals surface area contributed by atoms with Crippen molar-refractivity contribution in [2.24, 2.45) is 0 Å². The molecule has 0 bridgehead atoms. The molecule has 0 amide bonds. The molecule has 3 nitrogen and oxygen atoms in total. The molecule has 1 aromatic heterocycles. The fourth-order valence-corrected chi connectivity index (χ4v) is 1.71. The molecule has 0 aliphatic heterocycles. The van der Waals surface area contributed by atoms with Crippen molar-refractivity contribution in [3.05, 3.63) is 53.2 Å². The third kappa shape index (κ3) is 2.38. The minimum absolute atomic E-state index is 0.106. The molecule has 2 rings (SSSR count). The van der Waals surface area contributed by atoms with Crippen LogP contribution in [0.2, 0.25) is 0 Å². The number of carbonyl (C=O) groups is 1. The zero-order valence-electron chi connectivity index (χ0n) is 9.57. The molecular weight excluding hydrogens is 259 g/mol. The monoisotopic (exact) mass is 268 g/mol. The summed E-state index contributed by atoms with van der Waals surface area (Å²) >= 11 is 5.58. The van der Waals surface area contributed by atoms with Crippen molar-refractivity contribution in [3.8, 4) is 5.75 Å². The number of ether oxygens (including phenoxy) is 1. The van der Waals surface area contributed by atoms with Crippen LogP contribution in [-0.2, 0) is 5.88 Å². The van der Waals surface area contributed by atoms with Crippen LogP contribution in [0.5, 0.6) is 5.75 Å². The Labute approximate surface area is 108 Å². The molecule has 0 fully saturated rings. The molecule has 0 N–H and O–H groups in total. The van der Waals surface area contributed by atoms with Gasteiger partial charge in [0.15, 0.2) is 5.76 Å². The maximum Gasteiger partial charge on any atom is 0.232 e. The molecule has 0 spiro atoms. The number of methoxy groups -OCH3 is 1. The van der Waals surface area contributed by atoms with Gasteiger partial charge in [-0.1, -0.05) is 0 Å². The number of alkyl halides is 1. The van der Waals surface area contributed by atoms with E-state index in [1.54, 1.807) is 6.07 Å². The van der Waals surface area contributed by atoms with Crippen molar-refractivity contribution in [1.82, 2.24) is 0 Å². The third-order valence-electron chi connectivity index (χ3n) is 2.42. The Balaban J connectivity index is 2.41. The number of carbonyl (C=O) groups excluding carboxylic acids is 1. The third-order valence-corrected chi connectivity index (χ3v) is 2.69. The van der Waals surface area contributed by atoms with Crippen LogP contribution in [0.4, 0.5) is 4.39 Å². The highest BCUT2D eigenvalue weighted by Gasteiger charge is 2.18. The van der Waals surface area contributed by atoms with Gasteiger partial charge in [-0.3, -0.25) is 4.79 Å². The predicted octanol–water partition coefficient (Wildman–Crippen LogP) is 3.40. The Morgan fingerprint density at radius 1 is 1.39 bits per heavy atom. The van der Waals surface area contributed by atoms with E-state index in [-0.39, 0.29) is 17.2 Å². The van der Waals surface area contributed by atoms with Crippen molar-refractivity contribution in [2.75, 3.05) is 7.11 Å². The molecule has 0 radical (unpaired) electrons. The molecular formula is C13H10ClFO3. The molecule has 0 aliphatic carbocycles. The summed E-state index contributed by atoms with van der Waals surface area (Å²) in [5, 5.41) is 0. The highest BCUT2D eigenvalue weighted by molar-refractivity contribution is 6.17. The van der Waals surface area contributed by atoms with Crippen molar-refractivity contribution in [1.29, 1.82) is 0 Å². The number of furan rings is 1. The maximum absolute atomic E-state index is 13.2. The van der Waals surface area contributed by atoms with E-state index in [2.05, 4.69) is 0 Å². The van der Waals surface area contributed by atoms with E-state index in [9.17, 15) is 9.18 Å². The van der Waals surface area contributed by atoms with Gasteiger partial charge in [-0.2, -0.15) is 0 Å². The van der Waals surface area contributed by atoms with Crippen molar-refractivity contribution >= 4 is 17.4 Å². The lowest BCUT2D eigenvalue weighted by atomic mass is 10.1. The van der Waals surface area contributed by atoms with E-state index >= 15 is 0 Å². The Morgan fingerprint density at radius 2 is 2.17 bits per heavy atom. The lowest BCUT2D eigenvalue weighted by Gasteiger charge is -2.05. The fourth-order valence-electron chi connectivity index (χ4n) is 1.56. The first-order valence-electron chi connectivity index (χ1n) is 5.18.